The lowest BCUT2D eigenvalue weighted by atomic mass is 10.5. The first-order valence-electron chi connectivity index (χ1n) is 5.46. The summed E-state index contributed by atoms with van der Waals surface area (Å²) in [6, 6.07) is 0.823. The van der Waals surface area contributed by atoms with E-state index in [0.29, 0.717) is 5.52 Å². The average molecular weight is 329 g/mol. The first-order valence-corrected chi connectivity index (χ1v) is 7.32. The molecule has 2 N–H and O–H groups in total. The van der Waals surface area contributed by atoms with E-state index in [9.17, 15) is 12.8 Å². The molecule has 3 aromatic rings. The maximum Gasteiger partial charge on any atom is 0.265 e. The fourth-order valence-electron chi connectivity index (χ4n) is 1.56. The van der Waals surface area contributed by atoms with Gasteiger partial charge in [-0.15, -0.1) is 0 Å². The third-order valence-electron chi connectivity index (χ3n) is 2.46. The molecule has 0 aliphatic carbocycles. The fourth-order valence-corrected chi connectivity index (χ4v) is 2.70. The van der Waals surface area contributed by atoms with Gasteiger partial charge in [-0.25, -0.2) is 22.5 Å². The van der Waals surface area contributed by atoms with E-state index in [1.165, 1.54) is 6.33 Å². The number of H-pyrrole nitrogens is 1. The smallest absolute Gasteiger partial charge is 0.265 e. The zero-order valence-electron chi connectivity index (χ0n) is 10.1. The second-order valence-corrected chi connectivity index (χ2v) is 5.92. The van der Waals surface area contributed by atoms with Crippen LogP contribution in [0, 0.1) is 5.82 Å². The zero-order valence-corrected chi connectivity index (χ0v) is 11.7. The van der Waals surface area contributed by atoms with E-state index in [-0.39, 0.29) is 21.6 Å². The highest BCUT2D eigenvalue weighted by Crippen LogP contribution is 2.20. The molecule has 8 nitrogen and oxygen atoms in total. The molecule has 0 radical (unpaired) electrons. The predicted octanol–water partition coefficient (Wildman–Crippen LogP) is 1.34. The molecule has 108 valence electrons. The molecular weight excluding hydrogens is 323 g/mol. The number of nitrogens with one attached hydrogen (secondary N) is 2. The van der Waals surface area contributed by atoms with Crippen LogP contribution in [-0.2, 0) is 10.0 Å². The Bertz CT molecular complexity index is 928. The Balaban J connectivity index is 2.01. The van der Waals surface area contributed by atoms with E-state index in [0.717, 1.165) is 18.5 Å². The highest BCUT2D eigenvalue weighted by atomic mass is 35.5. The van der Waals surface area contributed by atoms with Crippen molar-refractivity contribution in [1.82, 2.24) is 24.9 Å². The van der Waals surface area contributed by atoms with Gasteiger partial charge < -0.3 is 4.98 Å². The normalized spacial score (nSPS) is 11.7. The molecule has 3 heterocycles. The van der Waals surface area contributed by atoms with Gasteiger partial charge in [0.25, 0.3) is 10.0 Å². The molecule has 0 atom stereocenters. The van der Waals surface area contributed by atoms with Gasteiger partial charge >= 0.3 is 0 Å². The topological polar surface area (TPSA) is 114 Å². The molecule has 21 heavy (non-hydrogen) atoms. The van der Waals surface area contributed by atoms with Gasteiger partial charge in [0.1, 0.15) is 16.2 Å². The number of aromatic nitrogens is 5. The summed E-state index contributed by atoms with van der Waals surface area (Å²) in [6.45, 7) is 0. The molecule has 0 amide bonds. The van der Waals surface area contributed by atoms with Crippen LogP contribution in [0.1, 0.15) is 0 Å². The number of aromatic amines is 1. The van der Waals surface area contributed by atoms with Crippen LogP contribution in [-0.4, -0.2) is 33.3 Å². The van der Waals surface area contributed by atoms with Crippen molar-refractivity contribution < 1.29 is 12.8 Å². The monoisotopic (exact) mass is 328 g/mol. The second kappa shape index (κ2) is 4.90. The lowest BCUT2D eigenvalue weighted by Gasteiger charge is -2.06. The summed E-state index contributed by atoms with van der Waals surface area (Å²) in [5.74, 6) is -1.05. The minimum atomic E-state index is -4.08. The van der Waals surface area contributed by atoms with E-state index in [4.69, 9.17) is 11.6 Å². The van der Waals surface area contributed by atoms with Gasteiger partial charge in [0.15, 0.2) is 10.8 Å². The van der Waals surface area contributed by atoms with Crippen LogP contribution in [0.2, 0.25) is 5.15 Å². The highest BCUT2D eigenvalue weighted by molar-refractivity contribution is 7.92. The molecule has 0 spiro atoms. The molecule has 0 aliphatic rings. The van der Waals surface area contributed by atoms with Crippen molar-refractivity contribution >= 4 is 38.7 Å². The molecule has 11 heteroatoms. The van der Waals surface area contributed by atoms with E-state index in [2.05, 4.69) is 29.6 Å². The second-order valence-electron chi connectivity index (χ2n) is 3.88. The van der Waals surface area contributed by atoms with Gasteiger partial charge in [-0.2, -0.15) is 9.97 Å². The Morgan fingerprint density at radius 3 is 2.86 bits per heavy atom. The van der Waals surface area contributed by atoms with E-state index in [1.54, 1.807) is 0 Å². The van der Waals surface area contributed by atoms with E-state index < -0.39 is 15.8 Å². The number of sulfonamides is 1. The number of halogens is 2. The summed E-state index contributed by atoms with van der Waals surface area (Å²) in [5.41, 5.74) is 0.581. The van der Waals surface area contributed by atoms with Gasteiger partial charge in [-0.1, -0.05) is 11.6 Å². The van der Waals surface area contributed by atoms with Gasteiger partial charge in [-0.3, -0.25) is 4.98 Å². The van der Waals surface area contributed by atoms with Crippen molar-refractivity contribution in [2.45, 2.75) is 4.90 Å². The number of pyridine rings is 1. The number of anilines is 1. The van der Waals surface area contributed by atoms with Crippen LogP contribution in [0.5, 0.6) is 0 Å². The van der Waals surface area contributed by atoms with Crippen LogP contribution in [0.15, 0.2) is 29.7 Å². The molecule has 0 unspecified atom stereocenters. The minimum Gasteiger partial charge on any atom is -0.341 e. The zero-order chi connectivity index (χ0) is 15.0. The van der Waals surface area contributed by atoms with Gasteiger partial charge in [0.2, 0.25) is 5.95 Å². The summed E-state index contributed by atoms with van der Waals surface area (Å²) in [7, 11) is -4.08. The van der Waals surface area contributed by atoms with Crippen molar-refractivity contribution in [1.29, 1.82) is 0 Å². The maximum atomic E-state index is 13.0. The van der Waals surface area contributed by atoms with Gasteiger partial charge in [-0.05, 0) is 6.07 Å². The SMILES string of the molecule is O=S(=O)(Nc1nc(Cl)c2[nH]cnc2n1)c1cncc(F)c1. The number of imidazole rings is 1. The number of hydrogen-bond donors (Lipinski definition) is 2. The summed E-state index contributed by atoms with van der Waals surface area (Å²) in [4.78, 5) is 17.4. The van der Waals surface area contributed by atoms with E-state index >= 15 is 0 Å². The van der Waals surface area contributed by atoms with Crippen molar-refractivity contribution in [3.63, 3.8) is 0 Å². The molecular formula is C10H6ClFN6O2S. The van der Waals surface area contributed by atoms with Crippen molar-refractivity contribution in [2.24, 2.45) is 0 Å². The first kappa shape index (κ1) is 13.6. The lowest BCUT2D eigenvalue weighted by molar-refractivity contribution is 0.592. The largest absolute Gasteiger partial charge is 0.341 e. The number of fused-ring (bicyclic) bond motifs is 1. The number of rotatable bonds is 3. The summed E-state index contributed by atoms with van der Waals surface area (Å²) >= 11 is 5.87. The van der Waals surface area contributed by atoms with Crippen LogP contribution >= 0.6 is 11.6 Å². The third kappa shape index (κ3) is 2.62. The molecule has 0 bridgehead atoms. The van der Waals surface area contributed by atoms with Crippen LogP contribution < -0.4 is 4.72 Å². The Kier molecular flexibility index (Phi) is 3.18. The van der Waals surface area contributed by atoms with Crippen molar-refractivity contribution in [3.05, 3.63) is 35.8 Å². The third-order valence-corrected chi connectivity index (χ3v) is 4.03. The maximum absolute atomic E-state index is 13.0. The van der Waals surface area contributed by atoms with Crippen molar-refractivity contribution in [3.8, 4) is 0 Å². The Labute approximate surface area is 122 Å². The molecule has 0 aromatic carbocycles. The summed E-state index contributed by atoms with van der Waals surface area (Å²) in [5, 5.41) is 0.00701. The van der Waals surface area contributed by atoms with Crippen molar-refractivity contribution in [2.75, 3.05) is 4.72 Å². The molecule has 0 fully saturated rings. The summed E-state index contributed by atoms with van der Waals surface area (Å²) in [6.07, 6.45) is 3.24. The van der Waals surface area contributed by atoms with Gasteiger partial charge in [0, 0.05) is 6.20 Å². The number of nitrogens with zero attached hydrogens (tertiary/aromatic N) is 4. The predicted molar refractivity (Wildman–Crippen MR) is 71.7 cm³/mol. The Morgan fingerprint density at radius 2 is 2.10 bits per heavy atom. The quantitative estimate of drug-likeness (QED) is 0.701. The van der Waals surface area contributed by atoms with Crippen LogP contribution in [0.4, 0.5) is 10.3 Å². The lowest BCUT2D eigenvalue weighted by Crippen LogP contribution is -2.15. The van der Waals surface area contributed by atoms with Crippen LogP contribution in [0.3, 0.4) is 0 Å². The standard InChI is InChI=1S/C10H6ClFN6O2S/c11-8-7-9(15-4-14-7)17-10(16-8)18-21(19,20)6-1-5(12)2-13-3-6/h1-4H,(H2,14,15,16,17,18). The molecule has 0 aliphatic heterocycles. The molecule has 0 saturated heterocycles. The van der Waals surface area contributed by atoms with Crippen LogP contribution in [0.25, 0.3) is 11.2 Å². The molecule has 3 rings (SSSR count). The van der Waals surface area contributed by atoms with Gasteiger partial charge in [0.05, 0.1) is 12.5 Å². The fraction of sp³-hybridized carbons (Fsp3) is 0. The minimum absolute atomic E-state index is 0.00701. The van der Waals surface area contributed by atoms with E-state index in [1.807, 2.05) is 0 Å². The number of hydrogen-bond acceptors (Lipinski definition) is 6. The summed E-state index contributed by atoms with van der Waals surface area (Å²) < 4.78 is 39.3. The Hall–Kier alpha value is -2.33. The highest BCUT2D eigenvalue weighted by Gasteiger charge is 2.18. The first-order chi connectivity index (χ1) is 9.95. The average Bonchev–Trinajstić information content (AvgIpc) is 2.87. The molecule has 3 aromatic heterocycles. The molecule has 0 saturated carbocycles. The Morgan fingerprint density at radius 1 is 1.29 bits per heavy atom.